The Balaban J connectivity index is 1.46. The van der Waals surface area contributed by atoms with Crippen molar-refractivity contribution < 1.29 is 19.1 Å². The fraction of sp³-hybridized carbons (Fsp3) is 0.842. The van der Waals surface area contributed by atoms with Gasteiger partial charge >= 0.3 is 0 Å². The van der Waals surface area contributed by atoms with E-state index in [4.69, 9.17) is 4.74 Å². The van der Waals surface area contributed by atoms with Gasteiger partial charge in [-0.15, -0.1) is 0 Å². The highest BCUT2D eigenvalue weighted by Crippen LogP contribution is 2.22. The van der Waals surface area contributed by atoms with E-state index in [9.17, 15) is 14.4 Å². The standard InChI is InChI=1S/C19H31N3O4S/c1-15(23)21-4-2-3-16(13-21)11-18(24)22-5-8-26-17(14-22)12-19(25)20-6-9-27-10-7-20/h16-17H,2-14H2,1H3. The highest BCUT2D eigenvalue weighted by Gasteiger charge is 2.30. The number of nitrogens with zero attached hydrogens (tertiary/aromatic N) is 3. The molecule has 3 heterocycles. The molecule has 3 fully saturated rings. The number of likely N-dealkylation sites (tertiary alicyclic amines) is 1. The Labute approximate surface area is 165 Å². The van der Waals surface area contributed by atoms with E-state index in [1.54, 1.807) is 6.92 Å². The molecule has 0 N–H and O–H groups in total. The number of carbonyl (C=O) groups excluding carboxylic acids is 3. The molecule has 2 unspecified atom stereocenters. The van der Waals surface area contributed by atoms with Crippen LogP contribution in [0.25, 0.3) is 0 Å². The van der Waals surface area contributed by atoms with Crippen molar-refractivity contribution in [3.05, 3.63) is 0 Å². The number of carbonyl (C=O) groups is 3. The Morgan fingerprint density at radius 1 is 0.926 bits per heavy atom. The maximum absolute atomic E-state index is 12.7. The zero-order valence-corrected chi connectivity index (χ0v) is 17.0. The van der Waals surface area contributed by atoms with Crippen LogP contribution in [0, 0.1) is 5.92 Å². The molecule has 0 bridgehead atoms. The number of hydrogen-bond acceptors (Lipinski definition) is 5. The van der Waals surface area contributed by atoms with E-state index in [-0.39, 0.29) is 29.7 Å². The van der Waals surface area contributed by atoms with Crippen molar-refractivity contribution in [3.63, 3.8) is 0 Å². The molecular weight excluding hydrogens is 366 g/mol. The van der Waals surface area contributed by atoms with Gasteiger partial charge in [0.2, 0.25) is 17.7 Å². The number of ether oxygens (including phenoxy) is 1. The van der Waals surface area contributed by atoms with Crippen LogP contribution in [0.1, 0.15) is 32.6 Å². The normalized spacial score (nSPS) is 26.8. The summed E-state index contributed by atoms with van der Waals surface area (Å²) in [6.45, 7) is 6.28. The molecular formula is C19H31N3O4S. The van der Waals surface area contributed by atoms with Crippen molar-refractivity contribution in [2.75, 3.05) is 57.4 Å². The van der Waals surface area contributed by atoms with Crippen LogP contribution in [0.3, 0.4) is 0 Å². The van der Waals surface area contributed by atoms with Crippen molar-refractivity contribution in [3.8, 4) is 0 Å². The summed E-state index contributed by atoms with van der Waals surface area (Å²) in [6.07, 6.45) is 2.59. The van der Waals surface area contributed by atoms with Gasteiger partial charge in [0.1, 0.15) is 0 Å². The Morgan fingerprint density at radius 2 is 1.67 bits per heavy atom. The summed E-state index contributed by atoms with van der Waals surface area (Å²) in [5.74, 6) is 2.60. The van der Waals surface area contributed by atoms with Crippen molar-refractivity contribution in [1.82, 2.24) is 14.7 Å². The van der Waals surface area contributed by atoms with Crippen LogP contribution in [0.15, 0.2) is 0 Å². The number of rotatable bonds is 4. The number of morpholine rings is 1. The second-order valence-corrected chi connectivity index (χ2v) is 8.93. The second kappa shape index (κ2) is 9.78. The summed E-state index contributed by atoms with van der Waals surface area (Å²) in [5, 5.41) is 0. The van der Waals surface area contributed by atoms with Gasteiger partial charge in [-0.1, -0.05) is 0 Å². The van der Waals surface area contributed by atoms with Crippen molar-refractivity contribution in [1.29, 1.82) is 0 Å². The molecule has 0 aromatic carbocycles. The van der Waals surface area contributed by atoms with E-state index in [0.29, 0.717) is 39.1 Å². The average molecular weight is 398 g/mol. The number of thioether (sulfide) groups is 1. The summed E-state index contributed by atoms with van der Waals surface area (Å²) in [6, 6.07) is 0. The van der Waals surface area contributed by atoms with Crippen molar-refractivity contribution >= 4 is 29.5 Å². The first-order valence-corrected chi connectivity index (χ1v) is 11.2. The van der Waals surface area contributed by atoms with Crippen LogP contribution < -0.4 is 0 Å². The summed E-state index contributed by atoms with van der Waals surface area (Å²) in [7, 11) is 0. The first kappa shape index (κ1) is 20.5. The first-order valence-electron chi connectivity index (χ1n) is 10.0. The molecule has 0 aromatic rings. The van der Waals surface area contributed by atoms with Gasteiger partial charge in [-0.05, 0) is 18.8 Å². The zero-order valence-electron chi connectivity index (χ0n) is 16.2. The van der Waals surface area contributed by atoms with Crippen LogP contribution in [-0.4, -0.2) is 95.9 Å². The second-order valence-electron chi connectivity index (χ2n) is 7.71. The molecule has 0 aliphatic carbocycles. The minimum atomic E-state index is -0.204. The highest BCUT2D eigenvalue weighted by molar-refractivity contribution is 7.99. The van der Waals surface area contributed by atoms with Gasteiger partial charge < -0.3 is 19.4 Å². The van der Waals surface area contributed by atoms with Gasteiger partial charge in [-0.25, -0.2) is 0 Å². The largest absolute Gasteiger partial charge is 0.374 e. The minimum Gasteiger partial charge on any atom is -0.374 e. The third kappa shape index (κ3) is 5.85. The van der Waals surface area contributed by atoms with Crippen LogP contribution in [0.4, 0.5) is 0 Å². The van der Waals surface area contributed by atoms with Gasteiger partial charge in [-0.2, -0.15) is 11.8 Å². The Kier molecular flexibility index (Phi) is 7.41. The maximum atomic E-state index is 12.7. The third-order valence-corrected chi connectivity index (χ3v) is 6.63. The molecule has 8 heteroatoms. The van der Waals surface area contributed by atoms with E-state index in [2.05, 4.69) is 0 Å². The predicted molar refractivity (Wildman–Crippen MR) is 104 cm³/mol. The molecule has 3 rings (SSSR count). The molecule has 27 heavy (non-hydrogen) atoms. The SMILES string of the molecule is CC(=O)N1CCCC(CC(=O)N2CCOC(CC(=O)N3CCSCC3)C2)C1. The summed E-state index contributed by atoms with van der Waals surface area (Å²) in [4.78, 5) is 42.4. The summed E-state index contributed by atoms with van der Waals surface area (Å²) >= 11 is 1.88. The van der Waals surface area contributed by atoms with Crippen LogP contribution in [0.2, 0.25) is 0 Å². The van der Waals surface area contributed by atoms with E-state index in [1.165, 1.54) is 0 Å². The average Bonchev–Trinajstić information content (AvgIpc) is 2.69. The monoisotopic (exact) mass is 397 g/mol. The van der Waals surface area contributed by atoms with Crippen molar-refractivity contribution in [2.24, 2.45) is 5.92 Å². The maximum Gasteiger partial charge on any atom is 0.225 e. The molecule has 3 saturated heterocycles. The number of amides is 3. The molecule has 152 valence electrons. The molecule has 0 radical (unpaired) electrons. The topological polar surface area (TPSA) is 70.2 Å². The molecule has 2 atom stereocenters. The summed E-state index contributed by atoms with van der Waals surface area (Å²) < 4.78 is 5.76. The van der Waals surface area contributed by atoms with Gasteiger partial charge in [0.05, 0.1) is 19.1 Å². The number of hydrogen-bond donors (Lipinski definition) is 0. The molecule has 3 aliphatic heterocycles. The highest BCUT2D eigenvalue weighted by atomic mass is 32.2. The van der Waals surface area contributed by atoms with E-state index >= 15 is 0 Å². The van der Waals surface area contributed by atoms with Gasteiger partial charge in [0.25, 0.3) is 0 Å². The third-order valence-electron chi connectivity index (χ3n) is 5.69. The van der Waals surface area contributed by atoms with Crippen LogP contribution >= 0.6 is 11.8 Å². The Morgan fingerprint density at radius 3 is 2.41 bits per heavy atom. The summed E-state index contributed by atoms with van der Waals surface area (Å²) in [5.41, 5.74) is 0. The van der Waals surface area contributed by atoms with Crippen molar-refractivity contribution in [2.45, 2.75) is 38.7 Å². The van der Waals surface area contributed by atoms with Crippen LogP contribution in [0.5, 0.6) is 0 Å². The smallest absolute Gasteiger partial charge is 0.225 e. The first-order chi connectivity index (χ1) is 13.0. The lowest BCUT2D eigenvalue weighted by Crippen LogP contribution is -2.49. The van der Waals surface area contributed by atoms with E-state index < -0.39 is 0 Å². The Bertz CT molecular complexity index is 553. The zero-order chi connectivity index (χ0) is 19.2. The minimum absolute atomic E-state index is 0.0909. The van der Waals surface area contributed by atoms with E-state index in [0.717, 1.165) is 44.0 Å². The molecule has 0 spiro atoms. The quantitative estimate of drug-likeness (QED) is 0.703. The fourth-order valence-electron chi connectivity index (χ4n) is 4.10. The lowest BCUT2D eigenvalue weighted by atomic mass is 9.94. The molecule has 3 aliphatic rings. The van der Waals surface area contributed by atoms with E-state index in [1.807, 2.05) is 26.5 Å². The lowest BCUT2D eigenvalue weighted by molar-refractivity contribution is -0.145. The molecule has 0 aromatic heterocycles. The molecule has 7 nitrogen and oxygen atoms in total. The van der Waals surface area contributed by atoms with Gasteiger partial charge in [0.15, 0.2) is 0 Å². The van der Waals surface area contributed by atoms with Crippen LogP contribution in [-0.2, 0) is 19.1 Å². The predicted octanol–water partition coefficient (Wildman–Crippen LogP) is 0.828. The fourth-order valence-corrected chi connectivity index (χ4v) is 5.00. The van der Waals surface area contributed by atoms with Gasteiger partial charge in [0, 0.05) is 64.1 Å². The lowest BCUT2D eigenvalue weighted by Gasteiger charge is -2.36. The molecule has 0 saturated carbocycles. The number of piperidine rings is 1. The molecule has 3 amide bonds. The van der Waals surface area contributed by atoms with Gasteiger partial charge in [-0.3, -0.25) is 14.4 Å². The Hall–Kier alpha value is -1.28.